The van der Waals surface area contributed by atoms with Gasteiger partial charge in [0.2, 0.25) is 5.91 Å². The molecule has 80 valence electrons. The lowest BCUT2D eigenvalue weighted by Gasteiger charge is -2.11. The Kier molecular flexibility index (Phi) is 3.49. The average molecular weight is 236 g/mol. The molecule has 0 saturated heterocycles. The largest absolute Gasteiger partial charge is 0.355 e. The summed E-state index contributed by atoms with van der Waals surface area (Å²) in [7, 11) is 0. The monoisotopic (exact) mass is 235 g/mol. The van der Waals surface area contributed by atoms with Crippen LogP contribution in [-0.4, -0.2) is 16.8 Å². The molecule has 1 N–H and O–H groups in total. The van der Waals surface area contributed by atoms with Crippen molar-refractivity contribution in [2.24, 2.45) is 5.41 Å². The summed E-state index contributed by atoms with van der Waals surface area (Å²) in [6, 6.07) is 0. The zero-order chi connectivity index (χ0) is 10.8. The number of carbonyl (C=O) groups excluding carboxylic acids is 1. The van der Waals surface area contributed by atoms with Crippen LogP contribution < -0.4 is 5.32 Å². The normalized spacial score (nSPS) is 29.1. The van der Waals surface area contributed by atoms with Gasteiger partial charge in [-0.2, -0.15) is 0 Å². The number of amides is 1. The van der Waals surface area contributed by atoms with Crippen LogP contribution in [0.1, 0.15) is 26.7 Å². The Bertz CT molecular complexity index is 263. The molecule has 0 aromatic carbocycles. The molecule has 0 aromatic heterocycles. The van der Waals surface area contributed by atoms with Gasteiger partial charge in [0.05, 0.1) is 5.41 Å². The molecular weight excluding hydrogens is 221 g/mol. The van der Waals surface area contributed by atoms with Gasteiger partial charge in [0.25, 0.3) is 0 Å². The smallest absolute Gasteiger partial charge is 0.229 e. The van der Waals surface area contributed by atoms with Crippen LogP contribution in [0, 0.1) is 5.41 Å². The Morgan fingerprint density at radius 3 is 2.57 bits per heavy atom. The van der Waals surface area contributed by atoms with E-state index < -0.39 is 9.75 Å². The summed E-state index contributed by atoms with van der Waals surface area (Å²) in [5, 5.41) is 2.82. The lowest BCUT2D eigenvalue weighted by molar-refractivity contribution is -0.125. The molecule has 1 rings (SSSR count). The number of hydrogen-bond donors (Lipinski definition) is 1. The summed E-state index contributed by atoms with van der Waals surface area (Å²) < 4.78 is -0.863. The summed E-state index contributed by atoms with van der Waals surface area (Å²) in [5.41, 5.74) is -0.591. The van der Waals surface area contributed by atoms with Gasteiger partial charge in [-0.25, -0.2) is 0 Å². The van der Waals surface area contributed by atoms with Crippen molar-refractivity contribution in [2.75, 3.05) is 6.54 Å². The van der Waals surface area contributed by atoms with Gasteiger partial charge >= 0.3 is 0 Å². The summed E-state index contributed by atoms with van der Waals surface area (Å²) >= 11 is 11.7. The highest BCUT2D eigenvalue weighted by atomic mass is 35.5. The highest BCUT2D eigenvalue weighted by Crippen LogP contribution is 2.63. The van der Waals surface area contributed by atoms with Crippen molar-refractivity contribution >= 4 is 29.1 Å². The van der Waals surface area contributed by atoms with Gasteiger partial charge in [0.1, 0.15) is 4.33 Å². The molecule has 0 aliphatic heterocycles. The highest BCUT2D eigenvalue weighted by molar-refractivity contribution is 6.53. The SMILES string of the molecule is CC=CCCNC(=O)C1(C)CC1(Cl)Cl. The van der Waals surface area contributed by atoms with Gasteiger partial charge in [0.15, 0.2) is 0 Å². The lowest BCUT2D eigenvalue weighted by Crippen LogP contribution is -2.33. The van der Waals surface area contributed by atoms with Gasteiger partial charge in [-0.15, -0.1) is 23.2 Å². The molecule has 1 saturated carbocycles. The van der Waals surface area contributed by atoms with E-state index in [4.69, 9.17) is 23.2 Å². The van der Waals surface area contributed by atoms with Crippen molar-refractivity contribution in [1.29, 1.82) is 0 Å². The quantitative estimate of drug-likeness (QED) is 0.453. The number of halogens is 2. The number of carbonyl (C=O) groups is 1. The Hall–Kier alpha value is -0.210. The summed E-state index contributed by atoms with van der Waals surface area (Å²) in [5.74, 6) is -0.0491. The molecule has 0 radical (unpaired) electrons. The Labute approximate surface area is 94.6 Å². The number of allylic oxidation sites excluding steroid dienone is 1. The van der Waals surface area contributed by atoms with E-state index in [-0.39, 0.29) is 5.91 Å². The maximum Gasteiger partial charge on any atom is 0.229 e. The van der Waals surface area contributed by atoms with Crippen LogP contribution in [0.15, 0.2) is 12.2 Å². The first-order valence-electron chi connectivity index (χ1n) is 4.71. The van der Waals surface area contributed by atoms with Crippen molar-refractivity contribution in [1.82, 2.24) is 5.32 Å². The first kappa shape index (κ1) is 11.9. The van der Waals surface area contributed by atoms with Crippen LogP contribution in [0.5, 0.6) is 0 Å². The summed E-state index contributed by atoms with van der Waals surface area (Å²) in [4.78, 5) is 11.6. The van der Waals surface area contributed by atoms with Crippen LogP contribution in [-0.2, 0) is 4.79 Å². The molecule has 4 heteroatoms. The van der Waals surface area contributed by atoms with Gasteiger partial charge in [-0.1, -0.05) is 12.2 Å². The van der Waals surface area contributed by atoms with Crippen molar-refractivity contribution < 1.29 is 4.79 Å². The Balaban J connectivity index is 2.31. The lowest BCUT2D eigenvalue weighted by atomic mass is 10.1. The molecule has 0 heterocycles. The maximum absolute atomic E-state index is 11.6. The second kappa shape index (κ2) is 4.11. The molecule has 0 spiro atoms. The Morgan fingerprint density at radius 1 is 1.57 bits per heavy atom. The third-order valence-corrected chi connectivity index (χ3v) is 3.69. The number of rotatable bonds is 4. The molecule has 1 unspecified atom stereocenters. The predicted octanol–water partition coefficient (Wildman–Crippen LogP) is 2.65. The van der Waals surface area contributed by atoms with Gasteiger partial charge < -0.3 is 5.32 Å². The molecule has 1 aliphatic carbocycles. The number of hydrogen-bond acceptors (Lipinski definition) is 1. The molecule has 0 bridgehead atoms. The van der Waals surface area contributed by atoms with E-state index in [1.807, 2.05) is 19.1 Å². The number of alkyl halides is 2. The molecule has 1 amide bonds. The second-order valence-corrected chi connectivity index (χ2v) is 5.31. The molecule has 2 nitrogen and oxygen atoms in total. The van der Waals surface area contributed by atoms with E-state index in [2.05, 4.69) is 5.32 Å². The van der Waals surface area contributed by atoms with E-state index >= 15 is 0 Å². The molecular formula is C10H15Cl2NO. The van der Waals surface area contributed by atoms with E-state index in [0.717, 1.165) is 6.42 Å². The van der Waals surface area contributed by atoms with E-state index in [1.54, 1.807) is 6.92 Å². The van der Waals surface area contributed by atoms with E-state index in [0.29, 0.717) is 13.0 Å². The fourth-order valence-corrected chi connectivity index (χ4v) is 1.98. The molecule has 1 atom stereocenters. The molecule has 0 aromatic rings. The van der Waals surface area contributed by atoms with E-state index in [9.17, 15) is 4.79 Å². The minimum Gasteiger partial charge on any atom is -0.355 e. The molecule has 14 heavy (non-hydrogen) atoms. The minimum absolute atomic E-state index is 0.0491. The van der Waals surface area contributed by atoms with Crippen molar-refractivity contribution in [2.45, 2.75) is 31.0 Å². The fraction of sp³-hybridized carbons (Fsp3) is 0.700. The Morgan fingerprint density at radius 2 is 2.14 bits per heavy atom. The summed E-state index contributed by atoms with van der Waals surface area (Å²) in [6.45, 7) is 4.38. The minimum atomic E-state index is -0.863. The third kappa shape index (κ3) is 2.23. The van der Waals surface area contributed by atoms with Crippen LogP contribution in [0.25, 0.3) is 0 Å². The standard InChI is InChI=1S/C10H15Cl2NO/c1-3-4-5-6-13-8(14)9(2)7-10(9,11)12/h3-4H,5-7H2,1-2H3,(H,13,14). The predicted molar refractivity (Wildman–Crippen MR) is 59.6 cm³/mol. The van der Waals surface area contributed by atoms with Gasteiger partial charge in [-0.05, 0) is 26.7 Å². The third-order valence-electron chi connectivity index (χ3n) is 2.59. The van der Waals surface area contributed by atoms with Gasteiger partial charge in [-0.3, -0.25) is 4.79 Å². The zero-order valence-electron chi connectivity index (χ0n) is 8.44. The first-order chi connectivity index (χ1) is 6.44. The zero-order valence-corrected chi connectivity index (χ0v) is 9.95. The topological polar surface area (TPSA) is 29.1 Å². The molecule has 1 aliphatic rings. The average Bonchev–Trinajstić information content (AvgIpc) is 2.61. The highest BCUT2D eigenvalue weighted by Gasteiger charge is 2.67. The second-order valence-electron chi connectivity index (χ2n) is 3.83. The first-order valence-corrected chi connectivity index (χ1v) is 5.47. The summed E-state index contributed by atoms with van der Waals surface area (Å²) in [6.07, 6.45) is 5.34. The van der Waals surface area contributed by atoms with Gasteiger partial charge in [0, 0.05) is 6.54 Å². The van der Waals surface area contributed by atoms with Crippen molar-refractivity contribution in [3.05, 3.63) is 12.2 Å². The van der Waals surface area contributed by atoms with Crippen molar-refractivity contribution in [3.63, 3.8) is 0 Å². The van der Waals surface area contributed by atoms with Crippen LogP contribution in [0.3, 0.4) is 0 Å². The van der Waals surface area contributed by atoms with Crippen molar-refractivity contribution in [3.8, 4) is 0 Å². The van der Waals surface area contributed by atoms with Crippen LogP contribution in [0.4, 0.5) is 0 Å². The maximum atomic E-state index is 11.6. The van der Waals surface area contributed by atoms with Crippen LogP contribution in [0.2, 0.25) is 0 Å². The fourth-order valence-electron chi connectivity index (χ4n) is 1.28. The van der Waals surface area contributed by atoms with E-state index in [1.165, 1.54) is 0 Å². The molecule has 1 fully saturated rings. The number of nitrogens with one attached hydrogen (secondary N) is 1. The van der Waals surface area contributed by atoms with Crippen LogP contribution >= 0.6 is 23.2 Å².